The van der Waals surface area contributed by atoms with Gasteiger partial charge in [-0.25, -0.2) is 4.98 Å². The molecule has 1 aromatic carbocycles. The fourth-order valence-electron chi connectivity index (χ4n) is 1.94. The van der Waals surface area contributed by atoms with E-state index < -0.39 is 5.95 Å². The van der Waals surface area contributed by atoms with Crippen molar-refractivity contribution in [2.75, 3.05) is 26.6 Å². The topological polar surface area (TPSA) is 52.6 Å². The minimum atomic E-state index is -0.523. The average molecular weight is 292 g/mol. The molecule has 6 heteroatoms. The second kappa shape index (κ2) is 6.78. The number of pyridine rings is 1. The molecule has 0 spiro atoms. The highest BCUT2D eigenvalue weighted by atomic mass is 19.1. The van der Waals surface area contributed by atoms with Crippen LogP contribution in [0.25, 0.3) is 0 Å². The van der Waals surface area contributed by atoms with Crippen LogP contribution in [-0.2, 0) is 6.54 Å². The van der Waals surface area contributed by atoms with Crippen molar-refractivity contribution in [1.82, 2.24) is 4.98 Å². The monoisotopic (exact) mass is 292 g/mol. The summed E-state index contributed by atoms with van der Waals surface area (Å²) >= 11 is 0. The highest BCUT2D eigenvalue weighted by Gasteiger charge is 2.13. The van der Waals surface area contributed by atoms with Crippen molar-refractivity contribution in [2.24, 2.45) is 0 Å². The summed E-state index contributed by atoms with van der Waals surface area (Å²) in [5.41, 5.74) is 0.899. The molecule has 0 atom stereocenters. The van der Waals surface area contributed by atoms with Gasteiger partial charge in [0.1, 0.15) is 5.82 Å². The van der Waals surface area contributed by atoms with Gasteiger partial charge in [0, 0.05) is 6.54 Å². The Balaban J connectivity index is 2.20. The Hall–Kier alpha value is -2.50. The van der Waals surface area contributed by atoms with Crippen molar-refractivity contribution >= 4 is 5.82 Å². The summed E-state index contributed by atoms with van der Waals surface area (Å²) in [7, 11) is 4.67. The Morgan fingerprint density at radius 2 is 1.71 bits per heavy atom. The van der Waals surface area contributed by atoms with Crippen molar-refractivity contribution in [1.29, 1.82) is 0 Å². The maximum Gasteiger partial charge on any atom is 0.214 e. The Labute approximate surface area is 122 Å². The molecule has 0 bridgehead atoms. The van der Waals surface area contributed by atoms with E-state index in [0.717, 1.165) is 5.56 Å². The highest BCUT2D eigenvalue weighted by molar-refractivity contribution is 5.54. The third-order valence-corrected chi connectivity index (χ3v) is 2.91. The molecule has 0 aliphatic heterocycles. The molecule has 0 aliphatic rings. The minimum absolute atomic E-state index is 0.452. The number of nitrogens with zero attached hydrogens (tertiary/aromatic N) is 1. The van der Waals surface area contributed by atoms with Crippen LogP contribution in [0.4, 0.5) is 10.2 Å². The zero-order valence-electron chi connectivity index (χ0n) is 12.1. The second-order valence-electron chi connectivity index (χ2n) is 4.23. The maximum atomic E-state index is 13.0. The summed E-state index contributed by atoms with van der Waals surface area (Å²) in [4.78, 5) is 3.74. The van der Waals surface area contributed by atoms with Crippen molar-refractivity contribution in [3.05, 3.63) is 41.8 Å². The zero-order valence-corrected chi connectivity index (χ0v) is 12.1. The van der Waals surface area contributed by atoms with Gasteiger partial charge in [-0.05, 0) is 29.8 Å². The van der Waals surface area contributed by atoms with Gasteiger partial charge in [0.15, 0.2) is 11.5 Å². The molecular weight excluding hydrogens is 275 g/mol. The van der Waals surface area contributed by atoms with Gasteiger partial charge in [0.25, 0.3) is 0 Å². The molecule has 0 saturated carbocycles. The Bertz CT molecular complexity index is 595. The van der Waals surface area contributed by atoms with Crippen molar-refractivity contribution < 1.29 is 18.6 Å². The van der Waals surface area contributed by atoms with Crippen LogP contribution in [-0.4, -0.2) is 26.3 Å². The highest BCUT2D eigenvalue weighted by Crippen LogP contribution is 2.38. The summed E-state index contributed by atoms with van der Waals surface area (Å²) in [5, 5.41) is 3.04. The first kappa shape index (κ1) is 14.9. The van der Waals surface area contributed by atoms with Gasteiger partial charge in [-0.1, -0.05) is 6.07 Å². The number of rotatable bonds is 6. The van der Waals surface area contributed by atoms with Gasteiger partial charge in [-0.15, -0.1) is 0 Å². The molecule has 0 aliphatic carbocycles. The molecule has 0 radical (unpaired) electrons. The van der Waals surface area contributed by atoms with Crippen molar-refractivity contribution in [3.8, 4) is 17.2 Å². The summed E-state index contributed by atoms with van der Waals surface area (Å²) in [6.07, 6.45) is 0. The molecule has 0 fully saturated rings. The zero-order chi connectivity index (χ0) is 15.2. The predicted molar refractivity (Wildman–Crippen MR) is 77.6 cm³/mol. The largest absolute Gasteiger partial charge is 0.493 e. The van der Waals surface area contributed by atoms with E-state index in [2.05, 4.69) is 10.3 Å². The number of ether oxygens (including phenoxy) is 3. The number of hydrogen-bond donors (Lipinski definition) is 1. The van der Waals surface area contributed by atoms with E-state index in [1.807, 2.05) is 12.1 Å². The molecule has 0 saturated heterocycles. The third kappa shape index (κ3) is 3.53. The SMILES string of the molecule is COc1cc(CNc2cccc(F)n2)cc(OC)c1OC. The summed E-state index contributed by atoms with van der Waals surface area (Å²) in [6, 6.07) is 8.24. The van der Waals surface area contributed by atoms with Crippen molar-refractivity contribution in [3.63, 3.8) is 0 Å². The number of anilines is 1. The molecule has 1 N–H and O–H groups in total. The van der Waals surface area contributed by atoms with E-state index >= 15 is 0 Å². The first-order chi connectivity index (χ1) is 10.2. The Morgan fingerprint density at radius 3 is 2.24 bits per heavy atom. The van der Waals surface area contributed by atoms with Crippen LogP contribution >= 0.6 is 0 Å². The van der Waals surface area contributed by atoms with Gasteiger partial charge in [0.2, 0.25) is 11.7 Å². The van der Waals surface area contributed by atoms with Crippen molar-refractivity contribution in [2.45, 2.75) is 6.54 Å². The van der Waals surface area contributed by atoms with E-state index in [0.29, 0.717) is 29.6 Å². The maximum absolute atomic E-state index is 13.0. The van der Waals surface area contributed by atoms with Crippen LogP contribution in [0, 0.1) is 5.95 Å². The number of halogens is 1. The van der Waals surface area contributed by atoms with E-state index in [1.165, 1.54) is 6.07 Å². The van der Waals surface area contributed by atoms with E-state index in [4.69, 9.17) is 14.2 Å². The van der Waals surface area contributed by atoms with Gasteiger partial charge >= 0.3 is 0 Å². The fourth-order valence-corrected chi connectivity index (χ4v) is 1.94. The molecule has 2 aromatic rings. The molecule has 1 aromatic heterocycles. The van der Waals surface area contributed by atoms with E-state index in [-0.39, 0.29) is 0 Å². The van der Waals surface area contributed by atoms with Crippen LogP contribution < -0.4 is 19.5 Å². The van der Waals surface area contributed by atoms with Crippen LogP contribution in [0.5, 0.6) is 17.2 Å². The Morgan fingerprint density at radius 1 is 1.05 bits per heavy atom. The summed E-state index contributed by atoms with van der Waals surface area (Å²) in [5.74, 6) is 1.61. The fraction of sp³-hybridized carbons (Fsp3) is 0.267. The summed E-state index contributed by atoms with van der Waals surface area (Å²) < 4.78 is 28.8. The lowest BCUT2D eigenvalue weighted by molar-refractivity contribution is 0.324. The molecular formula is C15H17FN2O3. The molecule has 1 heterocycles. The number of aromatic nitrogens is 1. The third-order valence-electron chi connectivity index (χ3n) is 2.91. The number of benzene rings is 1. The molecule has 0 unspecified atom stereocenters. The molecule has 112 valence electrons. The second-order valence-corrected chi connectivity index (χ2v) is 4.23. The molecule has 2 rings (SSSR count). The lowest BCUT2D eigenvalue weighted by Crippen LogP contribution is -2.04. The normalized spacial score (nSPS) is 10.1. The van der Waals surface area contributed by atoms with Gasteiger partial charge in [-0.3, -0.25) is 0 Å². The lowest BCUT2D eigenvalue weighted by Gasteiger charge is -2.14. The number of nitrogens with one attached hydrogen (secondary N) is 1. The smallest absolute Gasteiger partial charge is 0.214 e. The van der Waals surface area contributed by atoms with E-state index in [1.54, 1.807) is 33.5 Å². The van der Waals surface area contributed by atoms with Gasteiger partial charge in [0.05, 0.1) is 21.3 Å². The first-order valence-corrected chi connectivity index (χ1v) is 6.33. The van der Waals surface area contributed by atoms with Gasteiger partial charge in [-0.2, -0.15) is 4.39 Å². The van der Waals surface area contributed by atoms with Crippen LogP contribution in [0.2, 0.25) is 0 Å². The van der Waals surface area contributed by atoms with Gasteiger partial charge < -0.3 is 19.5 Å². The number of hydrogen-bond acceptors (Lipinski definition) is 5. The molecule has 0 amide bonds. The number of methoxy groups -OCH3 is 3. The van der Waals surface area contributed by atoms with Crippen LogP contribution in [0.3, 0.4) is 0 Å². The van der Waals surface area contributed by atoms with Crippen LogP contribution in [0.15, 0.2) is 30.3 Å². The lowest BCUT2D eigenvalue weighted by atomic mass is 10.1. The molecule has 5 nitrogen and oxygen atoms in total. The van der Waals surface area contributed by atoms with E-state index in [9.17, 15) is 4.39 Å². The quantitative estimate of drug-likeness (QED) is 0.830. The minimum Gasteiger partial charge on any atom is -0.493 e. The standard InChI is InChI=1S/C15H17FN2O3/c1-19-11-7-10(8-12(20-2)15(11)21-3)9-17-14-6-4-5-13(16)18-14/h4-8H,9H2,1-3H3,(H,17,18). The average Bonchev–Trinajstić information content (AvgIpc) is 2.51. The van der Waals surface area contributed by atoms with Crippen LogP contribution in [0.1, 0.15) is 5.56 Å². The summed E-state index contributed by atoms with van der Waals surface area (Å²) in [6.45, 7) is 0.452. The predicted octanol–water partition coefficient (Wildman–Crippen LogP) is 2.86. The molecule has 21 heavy (non-hydrogen) atoms. The first-order valence-electron chi connectivity index (χ1n) is 6.33. The Kier molecular flexibility index (Phi) is 4.81.